The van der Waals surface area contributed by atoms with E-state index in [0.29, 0.717) is 18.7 Å². The summed E-state index contributed by atoms with van der Waals surface area (Å²) in [6.45, 7) is 5.97. The fourth-order valence-electron chi connectivity index (χ4n) is 2.14. The average molecular weight is 347 g/mol. The van der Waals surface area contributed by atoms with Gasteiger partial charge in [-0.1, -0.05) is 26.0 Å². The monoisotopic (exact) mass is 347 g/mol. The van der Waals surface area contributed by atoms with Crippen molar-refractivity contribution in [2.45, 2.75) is 33.2 Å². The van der Waals surface area contributed by atoms with Crippen LogP contribution in [0.1, 0.15) is 32.8 Å². The Morgan fingerprint density at radius 2 is 1.84 bits per heavy atom. The molecule has 1 atom stereocenters. The second-order valence-electron chi connectivity index (χ2n) is 5.89. The highest BCUT2D eigenvalue weighted by Crippen LogP contribution is 2.13. The predicted octanol–water partition coefficient (Wildman–Crippen LogP) is 2.28. The molecule has 0 saturated carbocycles. The molecule has 0 spiro atoms. The number of carbonyl (C=O) groups is 3. The van der Waals surface area contributed by atoms with Gasteiger partial charge < -0.3 is 21.1 Å². The third-order valence-electron chi connectivity index (χ3n) is 3.22. The Labute approximate surface area is 147 Å². The van der Waals surface area contributed by atoms with E-state index in [9.17, 15) is 14.4 Å². The van der Waals surface area contributed by atoms with E-state index in [1.807, 2.05) is 13.8 Å². The highest BCUT2D eigenvalue weighted by Gasteiger charge is 2.21. The lowest BCUT2D eigenvalue weighted by Gasteiger charge is -2.19. The summed E-state index contributed by atoms with van der Waals surface area (Å²) in [5.74, 6) is -0.519. The van der Waals surface area contributed by atoms with E-state index in [1.54, 1.807) is 37.3 Å². The first-order valence-corrected chi connectivity index (χ1v) is 8.13. The van der Waals surface area contributed by atoms with Gasteiger partial charge >= 0.3 is 12.0 Å². The van der Waals surface area contributed by atoms with Crippen molar-refractivity contribution in [2.24, 2.45) is 11.7 Å². The van der Waals surface area contributed by atoms with Gasteiger partial charge in [-0.15, -0.1) is 0 Å². The summed E-state index contributed by atoms with van der Waals surface area (Å²) in [6.07, 6.45) is 3.45. The van der Waals surface area contributed by atoms with Gasteiger partial charge in [0.25, 0.3) is 0 Å². The fourth-order valence-corrected chi connectivity index (χ4v) is 2.14. The maximum atomic E-state index is 12.3. The number of esters is 1. The van der Waals surface area contributed by atoms with Crippen LogP contribution in [0.15, 0.2) is 30.3 Å². The largest absolute Gasteiger partial charge is 0.463 e. The Bertz CT molecular complexity index is 624. The van der Waals surface area contributed by atoms with Crippen LogP contribution in [0.4, 0.5) is 10.5 Å². The van der Waals surface area contributed by atoms with Gasteiger partial charge in [0.05, 0.1) is 6.61 Å². The second-order valence-corrected chi connectivity index (χ2v) is 5.89. The summed E-state index contributed by atoms with van der Waals surface area (Å²) in [4.78, 5) is 34.6. The zero-order chi connectivity index (χ0) is 18.8. The normalized spacial score (nSPS) is 12.0. The highest BCUT2D eigenvalue weighted by atomic mass is 16.5. The number of ether oxygens (including phenoxy) is 1. The van der Waals surface area contributed by atoms with Gasteiger partial charge in [0.2, 0.25) is 5.91 Å². The van der Waals surface area contributed by atoms with Crippen molar-refractivity contribution >= 4 is 29.7 Å². The highest BCUT2D eigenvalue weighted by molar-refractivity contribution is 5.97. The summed E-state index contributed by atoms with van der Waals surface area (Å²) < 4.78 is 4.80. The average Bonchev–Trinajstić information content (AvgIpc) is 2.53. The maximum absolute atomic E-state index is 12.3. The number of urea groups is 1. The molecule has 0 radical (unpaired) electrons. The van der Waals surface area contributed by atoms with E-state index in [2.05, 4.69) is 10.6 Å². The molecule has 0 aromatic heterocycles. The first-order chi connectivity index (χ1) is 11.8. The molecule has 7 nitrogen and oxygen atoms in total. The molecule has 0 heterocycles. The van der Waals surface area contributed by atoms with Gasteiger partial charge in [-0.25, -0.2) is 9.59 Å². The van der Waals surface area contributed by atoms with Gasteiger partial charge in [-0.05, 0) is 43.0 Å². The summed E-state index contributed by atoms with van der Waals surface area (Å²) in [7, 11) is 0. The molecule has 1 aromatic rings. The smallest absolute Gasteiger partial charge is 0.330 e. The Balaban J connectivity index is 2.70. The van der Waals surface area contributed by atoms with Crippen LogP contribution in [0.3, 0.4) is 0 Å². The molecule has 25 heavy (non-hydrogen) atoms. The van der Waals surface area contributed by atoms with E-state index in [4.69, 9.17) is 10.5 Å². The lowest BCUT2D eigenvalue weighted by molar-refractivity contribution is -0.137. The molecule has 0 aliphatic rings. The third-order valence-corrected chi connectivity index (χ3v) is 3.22. The SMILES string of the molecule is CCOC(=O)/C=C/c1ccc(NC(=O)C(CC(C)C)NC(N)=O)cc1. The van der Waals surface area contributed by atoms with Gasteiger partial charge in [0.15, 0.2) is 0 Å². The van der Waals surface area contributed by atoms with Crippen LogP contribution in [0.25, 0.3) is 6.08 Å². The quantitative estimate of drug-likeness (QED) is 0.495. The van der Waals surface area contributed by atoms with E-state index < -0.39 is 18.0 Å². The molecule has 0 saturated heterocycles. The molecule has 0 fully saturated rings. The standard InChI is InChI=1S/C18H25N3O4/c1-4-25-16(22)10-7-13-5-8-14(9-6-13)20-17(23)15(11-12(2)3)21-18(19)24/h5-10,12,15H,4,11H2,1-3H3,(H,20,23)(H3,19,21,24)/b10-7+. The lowest BCUT2D eigenvalue weighted by atomic mass is 10.0. The lowest BCUT2D eigenvalue weighted by Crippen LogP contribution is -2.46. The number of rotatable bonds is 8. The topological polar surface area (TPSA) is 111 Å². The Morgan fingerprint density at radius 1 is 1.20 bits per heavy atom. The molecular weight excluding hydrogens is 322 g/mol. The van der Waals surface area contributed by atoms with Gasteiger partial charge in [-0.3, -0.25) is 4.79 Å². The number of primary amides is 1. The van der Waals surface area contributed by atoms with Crippen molar-refractivity contribution in [1.29, 1.82) is 0 Å². The van der Waals surface area contributed by atoms with Crippen molar-refractivity contribution in [2.75, 3.05) is 11.9 Å². The Kier molecular flexibility index (Phi) is 8.18. The number of carbonyl (C=O) groups excluding carboxylic acids is 3. The molecule has 4 N–H and O–H groups in total. The number of hydrogen-bond donors (Lipinski definition) is 3. The molecule has 0 aliphatic heterocycles. The molecule has 3 amide bonds. The molecule has 7 heteroatoms. The third kappa shape index (κ3) is 8.01. The first kappa shape index (κ1) is 20.2. The van der Waals surface area contributed by atoms with Crippen LogP contribution in [0.5, 0.6) is 0 Å². The number of hydrogen-bond acceptors (Lipinski definition) is 4. The molecular formula is C18H25N3O4. The summed E-state index contributed by atoms with van der Waals surface area (Å²) in [5.41, 5.74) is 6.50. The van der Waals surface area contributed by atoms with Crippen LogP contribution in [-0.4, -0.2) is 30.6 Å². The minimum absolute atomic E-state index is 0.220. The van der Waals surface area contributed by atoms with E-state index in [0.717, 1.165) is 5.56 Å². The Hall–Kier alpha value is -2.83. The zero-order valence-corrected chi connectivity index (χ0v) is 14.7. The second kappa shape index (κ2) is 10.1. The van der Waals surface area contributed by atoms with Gasteiger partial charge in [-0.2, -0.15) is 0 Å². The van der Waals surface area contributed by atoms with Crippen LogP contribution in [-0.2, 0) is 14.3 Å². The zero-order valence-electron chi connectivity index (χ0n) is 14.7. The molecule has 1 aromatic carbocycles. The molecule has 1 rings (SSSR count). The predicted molar refractivity (Wildman–Crippen MR) is 96.7 cm³/mol. The van der Waals surface area contributed by atoms with Crippen molar-refractivity contribution < 1.29 is 19.1 Å². The number of amides is 3. The minimum Gasteiger partial charge on any atom is -0.463 e. The van der Waals surface area contributed by atoms with Crippen LogP contribution in [0, 0.1) is 5.92 Å². The number of benzene rings is 1. The fraction of sp³-hybridized carbons (Fsp3) is 0.389. The van der Waals surface area contributed by atoms with Crippen molar-refractivity contribution in [3.05, 3.63) is 35.9 Å². The van der Waals surface area contributed by atoms with E-state index >= 15 is 0 Å². The molecule has 0 bridgehead atoms. The van der Waals surface area contributed by atoms with E-state index in [1.165, 1.54) is 6.08 Å². The van der Waals surface area contributed by atoms with Crippen molar-refractivity contribution in [3.63, 3.8) is 0 Å². The van der Waals surface area contributed by atoms with Crippen molar-refractivity contribution in [3.8, 4) is 0 Å². The van der Waals surface area contributed by atoms with Gasteiger partial charge in [0.1, 0.15) is 6.04 Å². The number of nitrogens with one attached hydrogen (secondary N) is 2. The minimum atomic E-state index is -0.736. The van der Waals surface area contributed by atoms with Crippen molar-refractivity contribution in [1.82, 2.24) is 5.32 Å². The van der Waals surface area contributed by atoms with E-state index in [-0.39, 0.29) is 11.8 Å². The summed E-state index contributed by atoms with van der Waals surface area (Å²) in [6, 6.07) is 5.49. The number of nitrogens with two attached hydrogens (primary N) is 1. The van der Waals surface area contributed by atoms with Crippen LogP contribution in [0.2, 0.25) is 0 Å². The molecule has 1 unspecified atom stereocenters. The summed E-state index contributed by atoms with van der Waals surface area (Å²) >= 11 is 0. The van der Waals surface area contributed by atoms with Gasteiger partial charge in [0, 0.05) is 11.8 Å². The van der Waals surface area contributed by atoms with Crippen LogP contribution < -0.4 is 16.4 Å². The maximum Gasteiger partial charge on any atom is 0.330 e. The first-order valence-electron chi connectivity index (χ1n) is 8.13. The Morgan fingerprint density at radius 3 is 2.36 bits per heavy atom. The summed E-state index contributed by atoms with van der Waals surface area (Å²) in [5, 5.41) is 5.19. The molecule has 0 aliphatic carbocycles. The number of anilines is 1. The molecule has 136 valence electrons. The van der Waals surface area contributed by atoms with Crippen LogP contribution >= 0.6 is 0 Å².